The lowest BCUT2D eigenvalue weighted by molar-refractivity contribution is 0.477. The summed E-state index contributed by atoms with van der Waals surface area (Å²) in [5.41, 5.74) is 3.92. The summed E-state index contributed by atoms with van der Waals surface area (Å²) in [5, 5.41) is 0. The van der Waals surface area contributed by atoms with Crippen molar-refractivity contribution in [3.8, 4) is 0 Å². The van der Waals surface area contributed by atoms with Gasteiger partial charge in [-0.1, -0.05) is 11.3 Å². The first-order valence-electron chi connectivity index (χ1n) is 6.37. The van der Waals surface area contributed by atoms with E-state index in [9.17, 15) is 0 Å². The van der Waals surface area contributed by atoms with Crippen LogP contribution in [-0.4, -0.2) is 38.9 Å². The van der Waals surface area contributed by atoms with Crippen molar-refractivity contribution in [2.45, 2.75) is 53.1 Å². The Balaban J connectivity index is 2.97. The smallest absolute Gasteiger partial charge is 0.247 e. The van der Waals surface area contributed by atoms with Gasteiger partial charge in [0.05, 0.1) is 0 Å². The molecule has 0 aliphatic carbocycles. The molecule has 3 nitrogen and oxygen atoms in total. The first kappa shape index (κ1) is 15.5. The molecule has 0 saturated carbocycles. The molecule has 0 aromatic carbocycles. The molecule has 100 valence electrons. The van der Waals surface area contributed by atoms with Gasteiger partial charge in [-0.3, -0.25) is 0 Å². The summed E-state index contributed by atoms with van der Waals surface area (Å²) in [7, 11) is -5.04. The van der Waals surface area contributed by atoms with Crippen LogP contribution in [0.3, 0.4) is 0 Å². The molecule has 0 unspecified atom stereocenters. The van der Waals surface area contributed by atoms with E-state index in [0.717, 1.165) is 0 Å². The molecule has 0 aromatic rings. The first-order chi connectivity index (χ1) is 7.46. The Morgan fingerprint density at radius 3 is 2.06 bits per heavy atom. The van der Waals surface area contributed by atoms with Gasteiger partial charge in [0.25, 0.3) is 0 Å². The number of rotatable bonds is 2. The summed E-state index contributed by atoms with van der Waals surface area (Å²) < 4.78 is 13.2. The number of hydrogen-bond acceptors (Lipinski definition) is 3. The van der Waals surface area contributed by atoms with Crippen molar-refractivity contribution < 1.29 is 4.12 Å². The minimum absolute atomic E-state index is 0.309. The molecule has 0 aromatic heterocycles. The molecule has 0 spiro atoms. The Labute approximate surface area is 112 Å². The molecule has 1 heterocycles. The van der Waals surface area contributed by atoms with Crippen LogP contribution in [0.1, 0.15) is 13.8 Å². The molecule has 1 aliphatic heterocycles. The van der Waals surface area contributed by atoms with Crippen LogP contribution in [0, 0.1) is 0 Å². The third-order valence-electron chi connectivity index (χ3n) is 3.12. The number of nitrogens with one attached hydrogen (secondary N) is 1. The summed E-state index contributed by atoms with van der Waals surface area (Å²) >= 11 is 0. The average molecular weight is 305 g/mol. The molecule has 0 bridgehead atoms. The second kappa shape index (κ2) is 4.87. The van der Waals surface area contributed by atoms with Crippen LogP contribution in [0.15, 0.2) is 11.3 Å². The van der Waals surface area contributed by atoms with Crippen LogP contribution in [0.5, 0.6) is 0 Å². The van der Waals surface area contributed by atoms with E-state index in [1.165, 1.54) is 5.57 Å². The molecular formula is C10H28N2OSi4. The SMILES string of the molecule is CC(C)=C[SiH2]N1[Si](C)(C)N[Si](C)(C)O[Si]1(C)C. The Morgan fingerprint density at radius 1 is 1.12 bits per heavy atom. The van der Waals surface area contributed by atoms with Crippen molar-refractivity contribution in [1.29, 1.82) is 0 Å². The zero-order chi connectivity index (χ0) is 13.5. The summed E-state index contributed by atoms with van der Waals surface area (Å²) in [4.78, 5) is 0. The van der Waals surface area contributed by atoms with Gasteiger partial charge in [-0.25, -0.2) is 0 Å². The van der Waals surface area contributed by atoms with E-state index >= 15 is 0 Å². The maximum Gasteiger partial charge on any atom is 0.247 e. The highest BCUT2D eigenvalue weighted by Gasteiger charge is 2.52. The lowest BCUT2D eigenvalue weighted by atomic mass is 10.4. The van der Waals surface area contributed by atoms with E-state index in [0.29, 0.717) is 0 Å². The minimum atomic E-state index is -1.65. The molecule has 17 heavy (non-hydrogen) atoms. The van der Waals surface area contributed by atoms with Crippen LogP contribution >= 0.6 is 0 Å². The van der Waals surface area contributed by atoms with E-state index in [1.807, 2.05) is 0 Å². The van der Waals surface area contributed by atoms with Gasteiger partial charge in [-0.15, -0.1) is 0 Å². The Kier molecular flexibility index (Phi) is 4.46. The van der Waals surface area contributed by atoms with E-state index in [1.54, 1.807) is 0 Å². The predicted octanol–water partition coefficient (Wildman–Crippen LogP) is 2.02. The maximum absolute atomic E-state index is 6.47. The molecular weight excluding hydrogens is 276 g/mol. The van der Waals surface area contributed by atoms with Gasteiger partial charge in [0, 0.05) is 0 Å². The second-order valence-corrected chi connectivity index (χ2v) is 21.7. The summed E-state index contributed by atoms with van der Waals surface area (Å²) in [5.74, 6) is 0. The van der Waals surface area contributed by atoms with Crippen LogP contribution in [-0.2, 0) is 4.12 Å². The molecule has 1 N–H and O–H groups in total. The van der Waals surface area contributed by atoms with E-state index < -0.39 is 25.4 Å². The molecule has 7 heteroatoms. The third kappa shape index (κ3) is 3.98. The van der Waals surface area contributed by atoms with Crippen molar-refractivity contribution in [3.05, 3.63) is 11.3 Å². The zero-order valence-corrected chi connectivity index (χ0v) is 17.1. The highest BCUT2D eigenvalue weighted by Crippen LogP contribution is 2.27. The summed E-state index contributed by atoms with van der Waals surface area (Å²) in [6.45, 7) is 18.7. The number of hydrogen-bond donors (Lipinski definition) is 1. The van der Waals surface area contributed by atoms with Gasteiger partial charge in [0.15, 0.2) is 8.40 Å². The fraction of sp³-hybridized carbons (Fsp3) is 0.800. The molecule has 1 saturated heterocycles. The first-order valence-corrected chi connectivity index (χ1v) is 16.5. The standard InChI is InChI=1S/C10H28N2OSi4/c1-10(2)9-14-12-15(3,4)11-16(5,6)13-17(12,7)8/h9,11H,14H2,1-8H3. The van der Waals surface area contributed by atoms with Gasteiger partial charge in [0.2, 0.25) is 17.0 Å². The quantitative estimate of drug-likeness (QED) is 0.790. The van der Waals surface area contributed by atoms with Crippen molar-refractivity contribution in [2.24, 2.45) is 0 Å². The largest absolute Gasteiger partial charge is 0.434 e. The normalized spacial score (nSPS) is 27.3. The number of allylic oxidation sites excluding steroid dienone is 1. The van der Waals surface area contributed by atoms with E-state index in [-0.39, 0.29) is 9.68 Å². The van der Waals surface area contributed by atoms with E-state index in [2.05, 4.69) is 67.4 Å². The number of nitrogens with zero attached hydrogens (tertiary/aromatic N) is 1. The van der Waals surface area contributed by atoms with Gasteiger partial charge >= 0.3 is 0 Å². The van der Waals surface area contributed by atoms with E-state index in [4.69, 9.17) is 4.12 Å². The third-order valence-corrected chi connectivity index (χ3v) is 25.1. The van der Waals surface area contributed by atoms with Crippen LogP contribution in [0.4, 0.5) is 0 Å². The van der Waals surface area contributed by atoms with Crippen molar-refractivity contribution in [2.75, 3.05) is 0 Å². The Morgan fingerprint density at radius 2 is 1.65 bits per heavy atom. The highest BCUT2D eigenvalue weighted by molar-refractivity contribution is 7.04. The predicted molar refractivity (Wildman–Crippen MR) is 86.5 cm³/mol. The summed E-state index contributed by atoms with van der Waals surface area (Å²) in [6.07, 6.45) is 0. The van der Waals surface area contributed by atoms with Gasteiger partial charge < -0.3 is 12.7 Å². The molecule has 0 atom stereocenters. The van der Waals surface area contributed by atoms with Crippen molar-refractivity contribution in [1.82, 2.24) is 8.54 Å². The molecule has 1 rings (SSSR count). The Hall–Kier alpha value is 0.488. The lowest BCUT2D eigenvalue weighted by Gasteiger charge is -2.56. The van der Waals surface area contributed by atoms with Crippen LogP contribution in [0.25, 0.3) is 0 Å². The average Bonchev–Trinajstić information content (AvgIpc) is 1.94. The lowest BCUT2D eigenvalue weighted by Crippen LogP contribution is -2.82. The van der Waals surface area contributed by atoms with Crippen molar-refractivity contribution in [3.63, 3.8) is 0 Å². The second-order valence-electron chi connectivity index (χ2n) is 6.64. The monoisotopic (exact) mass is 304 g/mol. The Bertz CT molecular complexity index is 304. The van der Waals surface area contributed by atoms with Crippen LogP contribution in [0.2, 0.25) is 39.3 Å². The maximum atomic E-state index is 6.47. The van der Waals surface area contributed by atoms with Gasteiger partial charge in [-0.2, -0.15) is 0 Å². The van der Waals surface area contributed by atoms with Gasteiger partial charge in [-0.05, 0) is 53.1 Å². The van der Waals surface area contributed by atoms with Gasteiger partial charge in [0.1, 0.15) is 9.68 Å². The summed E-state index contributed by atoms with van der Waals surface area (Å²) in [6, 6.07) is 0. The fourth-order valence-corrected chi connectivity index (χ4v) is 27.7. The topological polar surface area (TPSA) is 24.5 Å². The van der Waals surface area contributed by atoms with Crippen molar-refractivity contribution >= 4 is 35.0 Å². The fourth-order valence-electron chi connectivity index (χ4n) is 2.90. The minimum Gasteiger partial charge on any atom is -0.434 e. The highest BCUT2D eigenvalue weighted by atomic mass is 28.5. The molecule has 0 radical (unpaired) electrons. The molecule has 1 aliphatic rings. The molecule has 1 fully saturated rings. The van der Waals surface area contributed by atoms with Crippen LogP contribution < -0.4 is 4.65 Å². The molecule has 0 amide bonds. The zero-order valence-electron chi connectivity index (χ0n) is 12.6.